The molecule has 17 heavy (non-hydrogen) atoms. The first-order valence-corrected chi connectivity index (χ1v) is 5.97. The van der Waals surface area contributed by atoms with Crippen LogP contribution in [-0.4, -0.2) is 31.5 Å². The number of halogens is 1. The summed E-state index contributed by atoms with van der Waals surface area (Å²) in [5.41, 5.74) is 0.565. The highest BCUT2D eigenvalue weighted by Gasteiger charge is 2.45. The van der Waals surface area contributed by atoms with Crippen molar-refractivity contribution >= 4 is 0 Å². The van der Waals surface area contributed by atoms with E-state index in [1.807, 2.05) is 12.1 Å². The highest BCUT2D eigenvalue weighted by atomic mass is 19.1. The molecule has 0 unspecified atom stereocenters. The van der Waals surface area contributed by atoms with Gasteiger partial charge in [-0.25, -0.2) is 4.39 Å². The van der Waals surface area contributed by atoms with Gasteiger partial charge in [0.2, 0.25) is 0 Å². The zero-order valence-corrected chi connectivity index (χ0v) is 9.79. The lowest BCUT2D eigenvalue weighted by Gasteiger charge is -2.18. The van der Waals surface area contributed by atoms with Gasteiger partial charge >= 0.3 is 0 Å². The van der Waals surface area contributed by atoms with E-state index in [1.165, 1.54) is 6.07 Å². The van der Waals surface area contributed by atoms with Crippen LogP contribution in [0.4, 0.5) is 4.39 Å². The standard InChI is InChI=1S/C13H18FNO2/c14-12-4-2-1-3-11(12)13(5-6-13)15-7-9-17-10-8-16/h1-4,15-16H,5-10H2. The summed E-state index contributed by atoms with van der Waals surface area (Å²) in [7, 11) is 0. The van der Waals surface area contributed by atoms with E-state index >= 15 is 0 Å². The molecule has 94 valence electrons. The third kappa shape index (κ3) is 3.03. The summed E-state index contributed by atoms with van der Waals surface area (Å²) in [4.78, 5) is 0. The highest BCUT2D eigenvalue weighted by molar-refractivity contribution is 5.31. The topological polar surface area (TPSA) is 41.5 Å². The molecule has 1 aliphatic carbocycles. The molecule has 2 rings (SSSR count). The van der Waals surface area contributed by atoms with Crippen molar-refractivity contribution in [1.29, 1.82) is 0 Å². The van der Waals surface area contributed by atoms with Crippen LogP contribution in [0.15, 0.2) is 24.3 Å². The van der Waals surface area contributed by atoms with Gasteiger partial charge in [-0.15, -0.1) is 0 Å². The second-order valence-electron chi connectivity index (χ2n) is 4.32. The largest absolute Gasteiger partial charge is 0.394 e. The summed E-state index contributed by atoms with van der Waals surface area (Å²) in [5.74, 6) is -0.145. The summed E-state index contributed by atoms with van der Waals surface area (Å²) in [5, 5.41) is 11.9. The van der Waals surface area contributed by atoms with Gasteiger partial charge in [0.05, 0.1) is 19.8 Å². The predicted octanol–water partition coefficient (Wildman–Crippen LogP) is 1.41. The zero-order valence-electron chi connectivity index (χ0n) is 9.79. The first-order chi connectivity index (χ1) is 8.28. The molecule has 0 amide bonds. The van der Waals surface area contributed by atoms with Crippen molar-refractivity contribution in [3.63, 3.8) is 0 Å². The van der Waals surface area contributed by atoms with E-state index in [1.54, 1.807) is 6.07 Å². The van der Waals surface area contributed by atoms with Crippen LogP contribution in [0, 0.1) is 5.82 Å². The molecule has 1 aromatic carbocycles. The minimum Gasteiger partial charge on any atom is -0.394 e. The fourth-order valence-electron chi connectivity index (χ4n) is 2.04. The van der Waals surface area contributed by atoms with Crippen molar-refractivity contribution in [2.75, 3.05) is 26.4 Å². The van der Waals surface area contributed by atoms with E-state index in [2.05, 4.69) is 5.32 Å². The zero-order chi connectivity index (χ0) is 12.1. The van der Waals surface area contributed by atoms with Gasteiger partial charge in [0.25, 0.3) is 0 Å². The molecule has 0 spiro atoms. The minimum atomic E-state index is -0.187. The Morgan fingerprint density at radius 2 is 2.06 bits per heavy atom. The smallest absolute Gasteiger partial charge is 0.128 e. The molecule has 0 atom stereocenters. The first-order valence-electron chi connectivity index (χ1n) is 5.97. The normalized spacial score (nSPS) is 17.1. The SMILES string of the molecule is OCCOCCNC1(c2ccccc2F)CC1. The molecule has 0 aromatic heterocycles. The molecule has 1 saturated carbocycles. The summed E-state index contributed by atoms with van der Waals surface area (Å²) in [6, 6.07) is 6.91. The van der Waals surface area contributed by atoms with Crippen molar-refractivity contribution in [3.05, 3.63) is 35.6 Å². The highest BCUT2D eigenvalue weighted by Crippen LogP contribution is 2.46. The van der Waals surface area contributed by atoms with E-state index in [4.69, 9.17) is 9.84 Å². The van der Waals surface area contributed by atoms with E-state index < -0.39 is 0 Å². The summed E-state index contributed by atoms with van der Waals surface area (Å²) < 4.78 is 18.8. The summed E-state index contributed by atoms with van der Waals surface area (Å²) in [6.07, 6.45) is 1.93. The fraction of sp³-hybridized carbons (Fsp3) is 0.538. The number of aliphatic hydroxyl groups excluding tert-OH is 1. The van der Waals surface area contributed by atoms with Crippen LogP contribution in [0.2, 0.25) is 0 Å². The molecule has 1 aliphatic rings. The Morgan fingerprint density at radius 1 is 1.29 bits per heavy atom. The van der Waals surface area contributed by atoms with E-state index in [0.29, 0.717) is 19.8 Å². The molecule has 0 saturated heterocycles. The van der Waals surface area contributed by atoms with Gasteiger partial charge in [-0.3, -0.25) is 0 Å². The van der Waals surface area contributed by atoms with Crippen LogP contribution in [0.1, 0.15) is 18.4 Å². The number of nitrogens with one attached hydrogen (secondary N) is 1. The van der Waals surface area contributed by atoms with Crippen molar-refractivity contribution in [3.8, 4) is 0 Å². The van der Waals surface area contributed by atoms with E-state index in [-0.39, 0.29) is 18.0 Å². The van der Waals surface area contributed by atoms with Crippen molar-refractivity contribution in [2.24, 2.45) is 0 Å². The average Bonchev–Trinajstić information content (AvgIpc) is 3.10. The van der Waals surface area contributed by atoms with Crippen LogP contribution < -0.4 is 5.32 Å². The molecule has 0 heterocycles. The van der Waals surface area contributed by atoms with Crippen LogP contribution >= 0.6 is 0 Å². The van der Waals surface area contributed by atoms with E-state index in [0.717, 1.165) is 18.4 Å². The summed E-state index contributed by atoms with van der Waals surface area (Å²) in [6.45, 7) is 1.61. The van der Waals surface area contributed by atoms with Gasteiger partial charge in [0.1, 0.15) is 5.82 Å². The third-order valence-electron chi connectivity index (χ3n) is 3.08. The molecule has 0 radical (unpaired) electrons. The van der Waals surface area contributed by atoms with Crippen molar-refractivity contribution in [2.45, 2.75) is 18.4 Å². The molecule has 0 aliphatic heterocycles. The van der Waals surface area contributed by atoms with Gasteiger partial charge in [-0.2, -0.15) is 0 Å². The Hall–Kier alpha value is -0.970. The maximum Gasteiger partial charge on any atom is 0.128 e. The summed E-state index contributed by atoms with van der Waals surface area (Å²) >= 11 is 0. The number of hydrogen-bond acceptors (Lipinski definition) is 3. The lowest BCUT2D eigenvalue weighted by molar-refractivity contribution is 0.0920. The Morgan fingerprint density at radius 3 is 2.71 bits per heavy atom. The monoisotopic (exact) mass is 239 g/mol. The van der Waals surface area contributed by atoms with Gasteiger partial charge in [-0.05, 0) is 18.9 Å². The predicted molar refractivity (Wildman–Crippen MR) is 63.2 cm³/mol. The molecule has 0 bridgehead atoms. The fourth-order valence-corrected chi connectivity index (χ4v) is 2.04. The van der Waals surface area contributed by atoms with Gasteiger partial charge in [0, 0.05) is 17.6 Å². The van der Waals surface area contributed by atoms with E-state index in [9.17, 15) is 4.39 Å². The number of aliphatic hydroxyl groups is 1. The van der Waals surface area contributed by atoms with Crippen molar-refractivity contribution < 1.29 is 14.2 Å². The lowest BCUT2D eigenvalue weighted by atomic mass is 10.0. The molecular weight excluding hydrogens is 221 g/mol. The van der Waals surface area contributed by atoms with Crippen LogP contribution in [0.5, 0.6) is 0 Å². The molecule has 3 nitrogen and oxygen atoms in total. The molecule has 1 aromatic rings. The average molecular weight is 239 g/mol. The Balaban J connectivity index is 1.86. The molecule has 2 N–H and O–H groups in total. The van der Waals surface area contributed by atoms with Gasteiger partial charge < -0.3 is 15.2 Å². The van der Waals surface area contributed by atoms with Crippen LogP contribution in [0.3, 0.4) is 0 Å². The Bertz CT molecular complexity index is 366. The number of rotatable bonds is 7. The maximum absolute atomic E-state index is 13.7. The van der Waals surface area contributed by atoms with Gasteiger partial charge in [-0.1, -0.05) is 18.2 Å². The maximum atomic E-state index is 13.7. The third-order valence-corrected chi connectivity index (χ3v) is 3.08. The Kier molecular flexibility index (Phi) is 4.10. The minimum absolute atomic E-state index is 0.0401. The Labute approximate surface area is 101 Å². The molecular formula is C13H18FNO2. The quantitative estimate of drug-likeness (QED) is 0.707. The molecule has 1 fully saturated rings. The lowest BCUT2D eigenvalue weighted by Crippen LogP contribution is -2.32. The first kappa shape index (κ1) is 12.5. The second-order valence-corrected chi connectivity index (χ2v) is 4.32. The van der Waals surface area contributed by atoms with Crippen LogP contribution in [0.25, 0.3) is 0 Å². The number of benzene rings is 1. The van der Waals surface area contributed by atoms with Crippen LogP contribution in [-0.2, 0) is 10.3 Å². The second kappa shape index (κ2) is 5.58. The molecule has 4 heteroatoms. The van der Waals surface area contributed by atoms with Gasteiger partial charge in [0.15, 0.2) is 0 Å². The number of ether oxygens (including phenoxy) is 1. The number of hydrogen-bond donors (Lipinski definition) is 2. The van der Waals surface area contributed by atoms with Crippen molar-refractivity contribution in [1.82, 2.24) is 5.32 Å².